The molecule has 7 nitrogen and oxygen atoms in total. The van der Waals surface area contributed by atoms with Crippen molar-refractivity contribution in [1.29, 1.82) is 0 Å². The summed E-state index contributed by atoms with van der Waals surface area (Å²) < 4.78 is 81.6. The quantitative estimate of drug-likeness (QED) is 0.641. The lowest BCUT2D eigenvalue weighted by atomic mass is 10.3. The van der Waals surface area contributed by atoms with Crippen molar-refractivity contribution in [2.24, 2.45) is 0 Å². The van der Waals surface area contributed by atoms with Gasteiger partial charge < -0.3 is 14.8 Å². The number of ether oxygens (including phenoxy) is 2. The van der Waals surface area contributed by atoms with E-state index in [2.05, 4.69) is 19.8 Å². The smallest absolute Gasteiger partial charge is 0.359 e. The summed E-state index contributed by atoms with van der Waals surface area (Å²) in [6.07, 6.45) is -10.8. The Kier molecular flexibility index (Phi) is 8.38. The zero-order valence-corrected chi connectivity index (χ0v) is 15.6. The molecule has 0 aliphatic carbocycles. The highest BCUT2D eigenvalue weighted by Gasteiger charge is 2.31. The number of aromatic nitrogens is 1. The van der Waals surface area contributed by atoms with E-state index in [1.807, 2.05) is 0 Å². The largest absolute Gasteiger partial charge is 0.411 e. The molecule has 0 fully saturated rings. The van der Waals surface area contributed by atoms with Crippen molar-refractivity contribution >= 4 is 23.3 Å². The first-order valence-corrected chi connectivity index (χ1v) is 8.11. The van der Waals surface area contributed by atoms with Crippen molar-refractivity contribution in [1.82, 2.24) is 4.98 Å². The van der Waals surface area contributed by atoms with Gasteiger partial charge in [0, 0.05) is 7.05 Å². The Morgan fingerprint density at radius 2 is 1.55 bits per heavy atom. The number of carbonyl (C=O) groups is 2. The van der Waals surface area contributed by atoms with Gasteiger partial charge in [-0.25, -0.2) is 4.98 Å². The average molecular weight is 431 g/mol. The summed E-state index contributed by atoms with van der Waals surface area (Å²) in [7, 11) is 1.27. The lowest BCUT2D eigenvalue weighted by molar-refractivity contribution is -0.185. The third-order valence-corrected chi connectivity index (χ3v) is 3.40. The molecule has 1 aromatic rings. The van der Waals surface area contributed by atoms with Crippen LogP contribution in [-0.4, -0.2) is 61.6 Å². The summed E-state index contributed by atoms with van der Waals surface area (Å²) in [6.45, 7) is -0.875. The molecular formula is C16H19F6N3O4. The third-order valence-electron chi connectivity index (χ3n) is 3.40. The highest BCUT2D eigenvalue weighted by molar-refractivity contribution is 5.96. The summed E-state index contributed by atoms with van der Waals surface area (Å²) in [5.41, 5.74) is 0.114. The zero-order valence-electron chi connectivity index (χ0n) is 15.6. The maximum atomic E-state index is 12.2. The van der Waals surface area contributed by atoms with Crippen LogP contribution in [-0.2, 0) is 19.1 Å². The average Bonchev–Trinajstić information content (AvgIpc) is 2.62. The zero-order chi connectivity index (χ0) is 22.4. The molecule has 0 aliphatic heterocycles. The first kappa shape index (κ1) is 24.6. The highest BCUT2D eigenvalue weighted by Crippen LogP contribution is 2.19. The van der Waals surface area contributed by atoms with Gasteiger partial charge in [-0.1, -0.05) is 0 Å². The maximum Gasteiger partial charge on any atom is 0.411 e. The minimum Gasteiger partial charge on any atom is -0.359 e. The van der Waals surface area contributed by atoms with E-state index < -0.39 is 49.6 Å². The molecule has 0 saturated heterocycles. The molecule has 1 aromatic heterocycles. The number of amides is 2. The molecule has 1 heterocycles. The van der Waals surface area contributed by atoms with Gasteiger partial charge in [0.25, 0.3) is 11.8 Å². The Morgan fingerprint density at radius 3 is 2.00 bits per heavy atom. The predicted octanol–water partition coefficient (Wildman–Crippen LogP) is 2.92. The summed E-state index contributed by atoms with van der Waals surface area (Å²) >= 11 is 0. The number of halogens is 6. The van der Waals surface area contributed by atoms with E-state index in [0.717, 1.165) is 24.9 Å². The molecule has 1 N–H and O–H groups in total. The Balaban J connectivity index is 2.63. The number of alkyl halides is 6. The van der Waals surface area contributed by atoms with Crippen LogP contribution in [0.3, 0.4) is 0 Å². The number of carbonyl (C=O) groups excluding carboxylic acids is 2. The lowest BCUT2D eigenvalue weighted by Gasteiger charge is -2.21. The molecule has 0 saturated carbocycles. The van der Waals surface area contributed by atoms with Gasteiger partial charge in [-0.3, -0.25) is 14.5 Å². The molecule has 0 aliphatic rings. The van der Waals surface area contributed by atoms with Gasteiger partial charge in [-0.2, -0.15) is 26.3 Å². The SMILES string of the molecule is C[C@H](OCC(F)(F)F)C(=O)Nc1ccc(N(C)C(=O)[C@H](C)OCC(F)(F)F)nc1. The molecule has 1 rings (SSSR count). The Bertz CT molecular complexity index is 693. The summed E-state index contributed by atoms with van der Waals surface area (Å²) in [5, 5.41) is 2.29. The van der Waals surface area contributed by atoms with Gasteiger partial charge in [-0.15, -0.1) is 0 Å². The summed E-state index contributed by atoms with van der Waals surface area (Å²) in [4.78, 5) is 28.7. The topological polar surface area (TPSA) is 80.8 Å². The van der Waals surface area contributed by atoms with E-state index in [9.17, 15) is 35.9 Å². The van der Waals surface area contributed by atoms with Gasteiger partial charge in [-0.05, 0) is 26.0 Å². The molecule has 164 valence electrons. The molecule has 0 aromatic carbocycles. The van der Waals surface area contributed by atoms with E-state index >= 15 is 0 Å². The van der Waals surface area contributed by atoms with Gasteiger partial charge in [0.1, 0.15) is 31.2 Å². The molecular weight excluding hydrogens is 412 g/mol. The minimum absolute atomic E-state index is 0.0526. The first-order valence-electron chi connectivity index (χ1n) is 8.11. The number of hydrogen-bond donors (Lipinski definition) is 1. The molecule has 2 amide bonds. The second-order valence-electron chi connectivity index (χ2n) is 5.93. The van der Waals surface area contributed by atoms with E-state index in [-0.39, 0.29) is 11.5 Å². The van der Waals surface area contributed by atoms with Gasteiger partial charge in [0.05, 0.1) is 11.9 Å². The van der Waals surface area contributed by atoms with E-state index in [1.165, 1.54) is 19.2 Å². The second kappa shape index (κ2) is 9.87. The van der Waals surface area contributed by atoms with Crippen molar-refractivity contribution in [2.75, 3.05) is 30.5 Å². The molecule has 0 unspecified atom stereocenters. The predicted molar refractivity (Wildman–Crippen MR) is 89.2 cm³/mol. The van der Waals surface area contributed by atoms with Crippen LogP contribution in [0.25, 0.3) is 0 Å². The number of hydrogen-bond acceptors (Lipinski definition) is 5. The fourth-order valence-corrected chi connectivity index (χ4v) is 1.87. The fraction of sp³-hybridized carbons (Fsp3) is 0.562. The van der Waals surface area contributed by atoms with E-state index in [0.29, 0.717) is 0 Å². The van der Waals surface area contributed by atoms with Crippen LogP contribution in [0.2, 0.25) is 0 Å². The Hall–Kier alpha value is -2.41. The second-order valence-corrected chi connectivity index (χ2v) is 5.93. The monoisotopic (exact) mass is 431 g/mol. The summed E-state index contributed by atoms with van der Waals surface area (Å²) in [6, 6.07) is 2.59. The number of pyridine rings is 1. The molecule has 0 radical (unpaired) electrons. The molecule has 2 atom stereocenters. The molecule has 13 heteroatoms. The number of nitrogens with zero attached hydrogens (tertiary/aromatic N) is 2. The van der Waals surface area contributed by atoms with Crippen molar-refractivity contribution in [3.8, 4) is 0 Å². The summed E-state index contributed by atoms with van der Waals surface area (Å²) in [5.74, 6) is -1.58. The van der Waals surface area contributed by atoms with Crippen LogP contribution >= 0.6 is 0 Å². The van der Waals surface area contributed by atoms with Crippen molar-refractivity contribution < 1.29 is 45.4 Å². The van der Waals surface area contributed by atoms with Crippen LogP contribution in [0.5, 0.6) is 0 Å². The van der Waals surface area contributed by atoms with Gasteiger partial charge in [0.15, 0.2) is 0 Å². The van der Waals surface area contributed by atoms with Crippen LogP contribution in [0.1, 0.15) is 13.8 Å². The number of anilines is 2. The first-order chi connectivity index (χ1) is 13.2. The van der Waals surface area contributed by atoms with E-state index in [4.69, 9.17) is 0 Å². The molecule has 0 bridgehead atoms. The van der Waals surface area contributed by atoms with Crippen LogP contribution in [0, 0.1) is 0 Å². The standard InChI is InChI=1S/C16H19F6N3O4/c1-9(28-7-15(17,18)19)13(26)24-11-4-5-12(23-6-11)25(3)14(27)10(2)29-8-16(20,21)22/h4-6,9-10H,7-8H2,1-3H3,(H,24,26)/t9-,10-/m0/s1. The van der Waals surface area contributed by atoms with Crippen molar-refractivity contribution in [3.63, 3.8) is 0 Å². The highest BCUT2D eigenvalue weighted by atomic mass is 19.4. The van der Waals surface area contributed by atoms with Crippen LogP contribution in [0.15, 0.2) is 18.3 Å². The Labute approximate surface area is 162 Å². The lowest BCUT2D eigenvalue weighted by Crippen LogP contribution is -2.38. The molecule has 0 spiro atoms. The van der Waals surface area contributed by atoms with Crippen molar-refractivity contribution in [2.45, 2.75) is 38.4 Å². The van der Waals surface area contributed by atoms with Crippen LogP contribution < -0.4 is 10.2 Å². The van der Waals surface area contributed by atoms with Crippen LogP contribution in [0.4, 0.5) is 37.8 Å². The third kappa shape index (κ3) is 9.09. The van der Waals surface area contributed by atoms with E-state index in [1.54, 1.807) is 0 Å². The van der Waals surface area contributed by atoms with Crippen molar-refractivity contribution in [3.05, 3.63) is 18.3 Å². The maximum absolute atomic E-state index is 12.2. The Morgan fingerprint density at radius 1 is 1.03 bits per heavy atom. The van der Waals surface area contributed by atoms with Gasteiger partial charge >= 0.3 is 12.4 Å². The minimum atomic E-state index is -4.58. The number of likely N-dealkylation sites (N-methyl/N-ethyl adjacent to an activating group) is 1. The fourth-order valence-electron chi connectivity index (χ4n) is 1.87. The normalized spacial score (nSPS) is 14.2. The number of nitrogens with one attached hydrogen (secondary N) is 1. The molecule has 29 heavy (non-hydrogen) atoms. The van der Waals surface area contributed by atoms with Gasteiger partial charge in [0.2, 0.25) is 0 Å². The number of rotatable bonds is 8.